The summed E-state index contributed by atoms with van der Waals surface area (Å²) in [7, 11) is 0. The highest BCUT2D eigenvalue weighted by Crippen LogP contribution is 2.17. The summed E-state index contributed by atoms with van der Waals surface area (Å²) in [6, 6.07) is 9.77. The van der Waals surface area contributed by atoms with Gasteiger partial charge in [-0.05, 0) is 11.5 Å². The summed E-state index contributed by atoms with van der Waals surface area (Å²) >= 11 is 0. The molecule has 0 spiro atoms. The molecule has 1 aromatic carbocycles. The second-order valence-corrected chi connectivity index (χ2v) is 5.65. The summed E-state index contributed by atoms with van der Waals surface area (Å²) in [4.78, 5) is 26.9. The van der Waals surface area contributed by atoms with Gasteiger partial charge < -0.3 is 4.74 Å². The second kappa shape index (κ2) is 7.74. The number of rotatable bonds is 7. The Bertz CT molecular complexity index is 773. The molecule has 0 bridgehead atoms. The van der Waals surface area contributed by atoms with Crippen molar-refractivity contribution < 1.29 is 4.74 Å². The molecule has 0 fully saturated rings. The molecule has 1 aromatic heterocycles. The Morgan fingerprint density at radius 3 is 2.57 bits per heavy atom. The van der Waals surface area contributed by atoms with E-state index in [1.807, 2.05) is 44.2 Å². The molecule has 5 heteroatoms. The van der Waals surface area contributed by atoms with E-state index in [2.05, 4.69) is 11.6 Å². The molecule has 0 atom stereocenters. The Morgan fingerprint density at radius 1 is 1.26 bits per heavy atom. The van der Waals surface area contributed by atoms with Crippen LogP contribution >= 0.6 is 0 Å². The van der Waals surface area contributed by atoms with Gasteiger partial charge in [0.1, 0.15) is 6.73 Å². The van der Waals surface area contributed by atoms with Crippen LogP contribution in [0.2, 0.25) is 0 Å². The van der Waals surface area contributed by atoms with E-state index in [9.17, 15) is 9.59 Å². The lowest BCUT2D eigenvalue weighted by Gasteiger charge is -2.18. The zero-order valence-electron chi connectivity index (χ0n) is 13.5. The first kappa shape index (κ1) is 17.0. The first-order valence-electron chi connectivity index (χ1n) is 7.63. The quantitative estimate of drug-likeness (QED) is 0.630. The summed E-state index contributed by atoms with van der Waals surface area (Å²) in [5, 5.41) is 0. The molecular formula is C18H22N2O3. The lowest BCUT2D eigenvalue weighted by Crippen LogP contribution is -2.36. The molecule has 0 saturated heterocycles. The zero-order valence-corrected chi connectivity index (χ0v) is 13.5. The first-order valence-corrected chi connectivity index (χ1v) is 7.63. The van der Waals surface area contributed by atoms with Crippen LogP contribution in [0.3, 0.4) is 0 Å². The molecule has 23 heavy (non-hydrogen) atoms. The van der Waals surface area contributed by atoms with Crippen molar-refractivity contribution in [2.75, 3.05) is 6.61 Å². The van der Waals surface area contributed by atoms with Gasteiger partial charge >= 0.3 is 5.69 Å². The molecule has 5 nitrogen and oxygen atoms in total. The molecule has 1 N–H and O–H groups in total. The molecule has 0 amide bonds. The van der Waals surface area contributed by atoms with Crippen molar-refractivity contribution in [1.82, 2.24) is 9.55 Å². The van der Waals surface area contributed by atoms with Crippen molar-refractivity contribution >= 4 is 0 Å². The third-order valence-corrected chi connectivity index (χ3v) is 3.59. The van der Waals surface area contributed by atoms with Crippen LogP contribution in [0.4, 0.5) is 0 Å². The maximum atomic E-state index is 12.2. The van der Waals surface area contributed by atoms with Gasteiger partial charge in [-0.3, -0.25) is 14.3 Å². The summed E-state index contributed by atoms with van der Waals surface area (Å²) in [5.41, 5.74) is 1.59. The van der Waals surface area contributed by atoms with Gasteiger partial charge in [0.15, 0.2) is 0 Å². The van der Waals surface area contributed by atoms with E-state index in [4.69, 9.17) is 4.74 Å². The summed E-state index contributed by atoms with van der Waals surface area (Å²) in [6.07, 6.45) is 2.13. The number of nitrogens with one attached hydrogen (secondary N) is 1. The predicted octanol–water partition coefficient (Wildman–Crippen LogP) is 2.41. The fourth-order valence-electron chi connectivity index (χ4n) is 2.57. The van der Waals surface area contributed by atoms with E-state index in [0.717, 1.165) is 5.56 Å². The van der Waals surface area contributed by atoms with Crippen molar-refractivity contribution in [3.63, 3.8) is 0 Å². The normalized spacial score (nSPS) is 10.9. The van der Waals surface area contributed by atoms with Crippen molar-refractivity contribution in [3.05, 3.63) is 80.6 Å². The van der Waals surface area contributed by atoms with Crippen molar-refractivity contribution in [1.29, 1.82) is 0 Å². The lowest BCUT2D eigenvalue weighted by molar-refractivity contribution is 0.0942. The Hall–Kier alpha value is -2.40. The van der Waals surface area contributed by atoms with E-state index >= 15 is 0 Å². The molecule has 0 aliphatic rings. The van der Waals surface area contributed by atoms with E-state index < -0.39 is 5.69 Å². The van der Waals surface area contributed by atoms with E-state index in [0.29, 0.717) is 24.3 Å². The number of aromatic nitrogens is 2. The minimum absolute atomic E-state index is 0.00344. The predicted molar refractivity (Wildman–Crippen MR) is 90.8 cm³/mol. The topological polar surface area (TPSA) is 64.1 Å². The number of hydrogen-bond acceptors (Lipinski definition) is 3. The third kappa shape index (κ3) is 4.07. The number of ether oxygens (including phenoxy) is 1. The van der Waals surface area contributed by atoms with Crippen LogP contribution in [0.25, 0.3) is 0 Å². The monoisotopic (exact) mass is 314 g/mol. The maximum absolute atomic E-state index is 12.2. The number of nitrogens with zero attached hydrogens (tertiary/aromatic N) is 1. The first-order chi connectivity index (χ1) is 11.0. The van der Waals surface area contributed by atoms with Gasteiger partial charge in [0, 0.05) is 17.7 Å². The van der Waals surface area contributed by atoms with Gasteiger partial charge in [-0.1, -0.05) is 50.3 Å². The molecule has 0 saturated carbocycles. The number of hydrogen-bond donors (Lipinski definition) is 1. The number of H-pyrrole nitrogens is 1. The fourth-order valence-corrected chi connectivity index (χ4v) is 2.57. The highest BCUT2D eigenvalue weighted by atomic mass is 16.5. The Kier molecular flexibility index (Phi) is 5.71. The van der Waals surface area contributed by atoms with Crippen molar-refractivity contribution in [3.8, 4) is 0 Å². The van der Waals surface area contributed by atoms with Crippen LogP contribution in [0.1, 0.15) is 36.6 Å². The van der Waals surface area contributed by atoms with Crippen LogP contribution in [0.5, 0.6) is 0 Å². The lowest BCUT2D eigenvalue weighted by atomic mass is 9.98. The molecule has 2 rings (SSSR count). The minimum atomic E-state index is -0.450. The minimum Gasteiger partial charge on any atom is -0.357 e. The van der Waals surface area contributed by atoms with E-state index in [-0.39, 0.29) is 18.2 Å². The molecule has 122 valence electrons. The van der Waals surface area contributed by atoms with E-state index in [1.165, 1.54) is 4.57 Å². The largest absolute Gasteiger partial charge is 0.357 e. The third-order valence-electron chi connectivity index (χ3n) is 3.59. The molecule has 1 heterocycles. The average molecular weight is 314 g/mol. The van der Waals surface area contributed by atoms with Crippen molar-refractivity contribution in [2.45, 2.75) is 32.9 Å². The average Bonchev–Trinajstić information content (AvgIpc) is 2.50. The fraction of sp³-hybridized carbons (Fsp3) is 0.333. The Labute approximate surface area is 135 Å². The van der Waals surface area contributed by atoms with Gasteiger partial charge in [-0.25, -0.2) is 4.79 Å². The van der Waals surface area contributed by atoms with Crippen LogP contribution in [0.15, 0.2) is 52.6 Å². The van der Waals surface area contributed by atoms with Gasteiger partial charge in [-0.15, -0.1) is 6.58 Å². The van der Waals surface area contributed by atoms with Crippen LogP contribution in [0, 0.1) is 0 Å². The molecule has 0 aliphatic heterocycles. The standard InChI is InChI=1S/C18H22N2O3/c1-4-10-23-12-20-15(11-14-8-6-5-7-9-14)16(13(2)3)17(21)19-18(20)22/h4-9,13H,1,10-12H2,2-3H3,(H,19,21,22). The van der Waals surface area contributed by atoms with Crippen molar-refractivity contribution in [2.24, 2.45) is 0 Å². The maximum Gasteiger partial charge on any atom is 0.330 e. The van der Waals surface area contributed by atoms with Gasteiger partial charge in [0.2, 0.25) is 0 Å². The highest BCUT2D eigenvalue weighted by molar-refractivity contribution is 5.28. The second-order valence-electron chi connectivity index (χ2n) is 5.65. The Balaban J connectivity index is 2.55. The number of aromatic amines is 1. The smallest absolute Gasteiger partial charge is 0.330 e. The van der Waals surface area contributed by atoms with Gasteiger partial charge in [0.05, 0.1) is 6.61 Å². The van der Waals surface area contributed by atoms with Gasteiger partial charge in [-0.2, -0.15) is 0 Å². The molecule has 2 aromatic rings. The summed E-state index contributed by atoms with van der Waals surface area (Å²) < 4.78 is 6.92. The van der Waals surface area contributed by atoms with Crippen LogP contribution < -0.4 is 11.2 Å². The zero-order chi connectivity index (χ0) is 16.8. The summed E-state index contributed by atoms with van der Waals surface area (Å²) in [5.74, 6) is 0.00344. The molecular weight excluding hydrogens is 292 g/mol. The van der Waals surface area contributed by atoms with Crippen LogP contribution in [-0.2, 0) is 17.9 Å². The molecule has 0 radical (unpaired) electrons. The highest BCUT2D eigenvalue weighted by Gasteiger charge is 2.17. The SMILES string of the molecule is C=CCOCn1c(Cc2ccccc2)c(C(C)C)c(=O)[nH]c1=O. The van der Waals surface area contributed by atoms with Crippen LogP contribution in [-0.4, -0.2) is 16.2 Å². The summed E-state index contributed by atoms with van der Waals surface area (Å²) in [6.45, 7) is 7.91. The van der Waals surface area contributed by atoms with E-state index in [1.54, 1.807) is 6.08 Å². The molecule has 0 aliphatic carbocycles. The Morgan fingerprint density at radius 2 is 1.96 bits per heavy atom. The number of benzene rings is 1. The molecule has 0 unspecified atom stereocenters. The van der Waals surface area contributed by atoms with Gasteiger partial charge in [0.25, 0.3) is 5.56 Å².